The molecule has 0 amide bonds. The highest BCUT2D eigenvalue weighted by Crippen LogP contribution is 2.27. The Morgan fingerprint density at radius 3 is 1.97 bits per heavy atom. The number of sulfonamides is 1. The summed E-state index contributed by atoms with van der Waals surface area (Å²) in [5.74, 6) is -2.82. The minimum atomic E-state index is -3.40. The summed E-state index contributed by atoms with van der Waals surface area (Å²) in [6.07, 6.45) is 4.44. The smallest absolute Gasteiger partial charge is 0.414 e. The normalized spacial score (nSPS) is 19.3. The second kappa shape index (κ2) is 10.4. The molecule has 2 aliphatic heterocycles. The van der Waals surface area contributed by atoms with Gasteiger partial charge < -0.3 is 15.1 Å². The molecule has 2 fully saturated rings. The molecule has 0 saturated carbocycles. The molecule has 4 rings (SSSR count). The van der Waals surface area contributed by atoms with E-state index in [0.29, 0.717) is 24.0 Å². The number of carbonyl (C=O) groups is 2. The summed E-state index contributed by atoms with van der Waals surface area (Å²) >= 11 is 0. The van der Waals surface area contributed by atoms with Gasteiger partial charge in [-0.2, -0.15) is 4.31 Å². The van der Waals surface area contributed by atoms with Crippen molar-refractivity contribution in [3.8, 4) is 0 Å². The second-order valence-electron chi connectivity index (χ2n) is 8.47. The number of aliphatic carboxylic acids is 2. The maximum atomic E-state index is 13.1. The van der Waals surface area contributed by atoms with Gasteiger partial charge in [-0.05, 0) is 67.6 Å². The van der Waals surface area contributed by atoms with E-state index in [4.69, 9.17) is 19.8 Å². The lowest BCUT2D eigenvalue weighted by Crippen LogP contribution is -2.48. The number of nitrogens with zero attached hydrogens (tertiary/aromatic N) is 2. The molecule has 0 spiro atoms. The van der Waals surface area contributed by atoms with Crippen molar-refractivity contribution in [2.24, 2.45) is 5.92 Å². The Balaban J connectivity index is 0.000000427. The number of rotatable bonds is 3. The first-order valence-corrected chi connectivity index (χ1v) is 12.3. The molecule has 2 aromatic carbocycles. The quantitative estimate of drug-likeness (QED) is 0.674. The number of hydrogen-bond acceptors (Lipinski definition) is 5. The van der Waals surface area contributed by atoms with Gasteiger partial charge in [0.15, 0.2) is 0 Å². The molecule has 2 N–H and O–H groups in total. The Bertz CT molecular complexity index is 1040. The first-order valence-electron chi connectivity index (χ1n) is 10.9. The van der Waals surface area contributed by atoms with Crippen molar-refractivity contribution < 1.29 is 28.2 Å². The van der Waals surface area contributed by atoms with Crippen LogP contribution in [-0.4, -0.2) is 72.0 Å². The van der Waals surface area contributed by atoms with Gasteiger partial charge in [-0.3, -0.25) is 0 Å². The Morgan fingerprint density at radius 2 is 1.41 bits per heavy atom. The van der Waals surface area contributed by atoms with Gasteiger partial charge in [-0.15, -0.1) is 0 Å². The summed E-state index contributed by atoms with van der Waals surface area (Å²) in [5.41, 5.74) is 0. The molecule has 174 valence electrons. The second-order valence-corrected chi connectivity index (χ2v) is 10.4. The molecule has 8 nitrogen and oxygen atoms in total. The molecule has 0 aliphatic carbocycles. The summed E-state index contributed by atoms with van der Waals surface area (Å²) < 4.78 is 27.8. The average molecular weight is 463 g/mol. The zero-order chi connectivity index (χ0) is 23.3. The van der Waals surface area contributed by atoms with Gasteiger partial charge in [0.25, 0.3) is 0 Å². The SMILES string of the molecule is CC1CCN(C2CCN(S(=O)(=O)c3ccc4ccccc4c3)CC2)CC1.O=C(O)C(=O)O. The lowest BCUT2D eigenvalue weighted by Gasteiger charge is -2.41. The van der Waals surface area contributed by atoms with Crippen LogP contribution in [0.5, 0.6) is 0 Å². The molecule has 9 heteroatoms. The molecule has 2 saturated heterocycles. The van der Waals surface area contributed by atoms with Crippen molar-refractivity contribution in [2.75, 3.05) is 26.2 Å². The van der Waals surface area contributed by atoms with Crippen LogP contribution in [0.25, 0.3) is 10.8 Å². The van der Waals surface area contributed by atoms with Crippen LogP contribution < -0.4 is 0 Å². The molecule has 2 aliphatic rings. The predicted octanol–water partition coefficient (Wildman–Crippen LogP) is 2.88. The molecule has 32 heavy (non-hydrogen) atoms. The van der Waals surface area contributed by atoms with E-state index in [9.17, 15) is 8.42 Å². The number of benzene rings is 2. The average Bonchev–Trinajstić information content (AvgIpc) is 2.79. The van der Waals surface area contributed by atoms with E-state index < -0.39 is 22.0 Å². The van der Waals surface area contributed by atoms with Crippen molar-refractivity contribution in [2.45, 2.75) is 43.5 Å². The first kappa shape index (κ1) is 24.2. The van der Waals surface area contributed by atoms with E-state index in [0.717, 1.165) is 29.5 Å². The van der Waals surface area contributed by atoms with Gasteiger partial charge >= 0.3 is 11.9 Å². The summed E-state index contributed by atoms with van der Waals surface area (Å²) in [6.45, 7) is 5.93. The zero-order valence-corrected chi connectivity index (χ0v) is 19.0. The highest BCUT2D eigenvalue weighted by atomic mass is 32.2. The number of piperidine rings is 2. The van der Waals surface area contributed by atoms with Crippen molar-refractivity contribution in [1.82, 2.24) is 9.21 Å². The van der Waals surface area contributed by atoms with Gasteiger partial charge in [-0.1, -0.05) is 37.3 Å². The highest BCUT2D eigenvalue weighted by molar-refractivity contribution is 7.89. The third-order valence-corrected chi connectivity index (χ3v) is 8.19. The van der Waals surface area contributed by atoms with Gasteiger partial charge in [0.1, 0.15) is 0 Å². The fourth-order valence-electron chi connectivity index (χ4n) is 4.32. The lowest BCUT2D eigenvalue weighted by molar-refractivity contribution is -0.159. The van der Waals surface area contributed by atoms with Crippen molar-refractivity contribution in [1.29, 1.82) is 0 Å². The van der Waals surface area contributed by atoms with Crippen LogP contribution in [0.2, 0.25) is 0 Å². The topological polar surface area (TPSA) is 115 Å². The molecule has 2 aromatic rings. The van der Waals surface area contributed by atoms with Crippen LogP contribution in [0.1, 0.15) is 32.6 Å². The number of hydrogen-bond donors (Lipinski definition) is 2. The van der Waals surface area contributed by atoms with Crippen LogP contribution in [0.4, 0.5) is 0 Å². The Labute approximate surface area is 188 Å². The Kier molecular flexibility index (Phi) is 7.86. The van der Waals surface area contributed by atoms with Crippen molar-refractivity contribution in [3.05, 3.63) is 42.5 Å². The molecule has 0 atom stereocenters. The fraction of sp³-hybridized carbons (Fsp3) is 0.478. The fourth-order valence-corrected chi connectivity index (χ4v) is 5.82. The van der Waals surface area contributed by atoms with Gasteiger partial charge in [-0.25, -0.2) is 18.0 Å². The van der Waals surface area contributed by atoms with E-state index in [1.54, 1.807) is 10.4 Å². The van der Waals surface area contributed by atoms with E-state index in [1.807, 2.05) is 36.4 Å². The third kappa shape index (κ3) is 5.85. The monoisotopic (exact) mass is 462 g/mol. The summed E-state index contributed by atoms with van der Waals surface area (Å²) in [5, 5.41) is 16.8. The van der Waals surface area contributed by atoms with Crippen molar-refractivity contribution >= 4 is 32.7 Å². The Hall–Kier alpha value is -2.49. The van der Waals surface area contributed by atoms with Gasteiger partial charge in [0, 0.05) is 19.1 Å². The highest BCUT2D eigenvalue weighted by Gasteiger charge is 2.32. The third-order valence-electron chi connectivity index (χ3n) is 6.30. The minimum absolute atomic E-state index is 0.418. The first-order chi connectivity index (χ1) is 15.2. The molecule has 0 bridgehead atoms. The van der Waals surface area contributed by atoms with Crippen LogP contribution in [0.3, 0.4) is 0 Å². The molecule has 0 unspecified atom stereocenters. The molecule has 2 heterocycles. The summed E-state index contributed by atoms with van der Waals surface area (Å²) in [6, 6.07) is 13.9. The maximum Gasteiger partial charge on any atom is 0.414 e. The standard InChI is InChI=1S/C21H28N2O2S.C2H2O4/c1-17-8-12-22(13-9-17)20-10-14-23(15-11-20)26(24,25)21-7-6-18-4-2-3-5-19(18)16-21;3-1(4)2(5)6/h2-7,16-17,20H,8-15H2,1H3;(H,3,4)(H,5,6). The van der Waals surface area contributed by atoms with Crippen molar-refractivity contribution in [3.63, 3.8) is 0 Å². The van der Waals surface area contributed by atoms with E-state index >= 15 is 0 Å². The predicted molar refractivity (Wildman–Crippen MR) is 121 cm³/mol. The number of carboxylic acids is 2. The largest absolute Gasteiger partial charge is 0.473 e. The van der Waals surface area contributed by atoms with Gasteiger partial charge in [0.2, 0.25) is 10.0 Å². The number of carboxylic acid groups (broad SMARTS) is 2. The van der Waals surface area contributed by atoms with E-state index in [2.05, 4.69) is 11.8 Å². The van der Waals surface area contributed by atoms with Crippen LogP contribution in [-0.2, 0) is 19.6 Å². The van der Waals surface area contributed by atoms with Crippen LogP contribution in [0.15, 0.2) is 47.4 Å². The summed E-state index contributed by atoms with van der Waals surface area (Å²) in [7, 11) is -3.40. The van der Waals surface area contributed by atoms with Crippen LogP contribution >= 0.6 is 0 Å². The zero-order valence-electron chi connectivity index (χ0n) is 18.2. The molecular formula is C23H30N2O6S. The molecule has 0 radical (unpaired) electrons. The Morgan fingerprint density at radius 1 is 0.844 bits per heavy atom. The number of fused-ring (bicyclic) bond motifs is 1. The van der Waals surface area contributed by atoms with E-state index in [-0.39, 0.29) is 0 Å². The van der Waals surface area contributed by atoms with Crippen LogP contribution in [0, 0.1) is 5.92 Å². The van der Waals surface area contributed by atoms with Gasteiger partial charge in [0.05, 0.1) is 4.90 Å². The summed E-state index contributed by atoms with van der Waals surface area (Å²) in [4.78, 5) is 21.2. The minimum Gasteiger partial charge on any atom is -0.473 e. The maximum absolute atomic E-state index is 13.1. The molecular weight excluding hydrogens is 432 g/mol. The van der Waals surface area contributed by atoms with E-state index in [1.165, 1.54) is 25.9 Å². The number of likely N-dealkylation sites (tertiary alicyclic amines) is 1. The lowest BCUT2D eigenvalue weighted by atomic mass is 9.95. The molecule has 0 aromatic heterocycles.